The molecule has 1 aromatic heterocycles. The largest absolute Gasteiger partial charge is 0.326 e. The normalized spacial score (nSPS) is 27.1. The van der Waals surface area contributed by atoms with Crippen LogP contribution in [0.2, 0.25) is 0 Å². The lowest BCUT2D eigenvalue weighted by Crippen LogP contribution is -2.28. The van der Waals surface area contributed by atoms with Gasteiger partial charge in [0.15, 0.2) is 0 Å². The van der Waals surface area contributed by atoms with Crippen molar-refractivity contribution in [3.8, 4) is 0 Å². The van der Waals surface area contributed by atoms with E-state index in [1.54, 1.807) is 0 Å². The summed E-state index contributed by atoms with van der Waals surface area (Å²) in [4.78, 5) is 6.61. The van der Waals surface area contributed by atoms with Crippen LogP contribution >= 0.6 is 0 Å². The molecule has 1 aliphatic rings. The van der Waals surface area contributed by atoms with Gasteiger partial charge in [0.25, 0.3) is 0 Å². The fourth-order valence-corrected chi connectivity index (χ4v) is 2.19. The fourth-order valence-electron chi connectivity index (χ4n) is 2.19. The standard InChI is InChI=1S/C12H19N3/c1-9-3-11(5-14-4-9)7-15-6-10(2)12(13)8-15/h3-5,10,12H,6-8,13H2,1-2H3. The van der Waals surface area contributed by atoms with Gasteiger partial charge in [0, 0.05) is 38.1 Å². The fraction of sp³-hybridized carbons (Fsp3) is 0.583. The zero-order valence-corrected chi connectivity index (χ0v) is 9.48. The van der Waals surface area contributed by atoms with Crippen molar-refractivity contribution in [3.63, 3.8) is 0 Å². The summed E-state index contributed by atoms with van der Waals surface area (Å²) >= 11 is 0. The van der Waals surface area contributed by atoms with Crippen LogP contribution in [0, 0.1) is 12.8 Å². The maximum absolute atomic E-state index is 5.99. The summed E-state index contributed by atoms with van der Waals surface area (Å²) < 4.78 is 0. The van der Waals surface area contributed by atoms with Crippen LogP contribution in [0.3, 0.4) is 0 Å². The van der Waals surface area contributed by atoms with Gasteiger partial charge < -0.3 is 5.73 Å². The summed E-state index contributed by atoms with van der Waals surface area (Å²) in [5, 5.41) is 0. The Bertz CT molecular complexity index is 327. The first-order valence-electron chi connectivity index (χ1n) is 5.53. The lowest BCUT2D eigenvalue weighted by molar-refractivity contribution is 0.318. The van der Waals surface area contributed by atoms with Gasteiger partial charge in [-0.3, -0.25) is 9.88 Å². The van der Waals surface area contributed by atoms with Gasteiger partial charge in [-0.2, -0.15) is 0 Å². The molecule has 3 heteroatoms. The van der Waals surface area contributed by atoms with Crippen molar-refractivity contribution in [2.75, 3.05) is 13.1 Å². The summed E-state index contributed by atoms with van der Waals surface area (Å²) in [6.07, 6.45) is 3.84. The number of nitrogens with two attached hydrogens (primary N) is 1. The number of hydrogen-bond donors (Lipinski definition) is 1. The van der Waals surface area contributed by atoms with E-state index >= 15 is 0 Å². The van der Waals surface area contributed by atoms with Gasteiger partial charge in [0.2, 0.25) is 0 Å². The zero-order chi connectivity index (χ0) is 10.8. The molecule has 82 valence electrons. The molecule has 1 aliphatic heterocycles. The van der Waals surface area contributed by atoms with Crippen molar-refractivity contribution in [3.05, 3.63) is 29.6 Å². The van der Waals surface area contributed by atoms with Gasteiger partial charge in [-0.05, 0) is 24.0 Å². The average Bonchev–Trinajstić information content (AvgIpc) is 2.45. The smallest absolute Gasteiger partial charge is 0.0313 e. The van der Waals surface area contributed by atoms with Gasteiger partial charge in [0.1, 0.15) is 0 Å². The highest BCUT2D eigenvalue weighted by molar-refractivity contribution is 5.16. The van der Waals surface area contributed by atoms with Crippen molar-refractivity contribution < 1.29 is 0 Å². The van der Waals surface area contributed by atoms with Crippen LogP contribution in [0.25, 0.3) is 0 Å². The van der Waals surface area contributed by atoms with Crippen molar-refractivity contribution in [2.24, 2.45) is 11.7 Å². The van der Waals surface area contributed by atoms with Crippen molar-refractivity contribution in [1.82, 2.24) is 9.88 Å². The number of likely N-dealkylation sites (tertiary alicyclic amines) is 1. The molecule has 0 amide bonds. The second-order valence-electron chi connectivity index (χ2n) is 4.71. The first kappa shape index (κ1) is 10.6. The Labute approximate surface area is 91.3 Å². The van der Waals surface area contributed by atoms with Gasteiger partial charge >= 0.3 is 0 Å². The molecule has 15 heavy (non-hydrogen) atoms. The third-order valence-corrected chi connectivity index (χ3v) is 3.08. The molecule has 0 aliphatic carbocycles. The molecule has 0 radical (unpaired) electrons. The van der Waals surface area contributed by atoms with E-state index in [0.29, 0.717) is 12.0 Å². The van der Waals surface area contributed by atoms with Crippen molar-refractivity contribution in [2.45, 2.75) is 26.4 Å². The number of pyridine rings is 1. The van der Waals surface area contributed by atoms with Crippen LogP contribution in [0.1, 0.15) is 18.1 Å². The van der Waals surface area contributed by atoms with Gasteiger partial charge in [-0.1, -0.05) is 13.0 Å². The monoisotopic (exact) mass is 205 g/mol. The predicted molar refractivity (Wildman–Crippen MR) is 61.4 cm³/mol. The topological polar surface area (TPSA) is 42.2 Å². The number of hydrogen-bond acceptors (Lipinski definition) is 3. The minimum atomic E-state index is 0.336. The van der Waals surface area contributed by atoms with Crippen LogP contribution in [-0.2, 0) is 6.54 Å². The van der Waals surface area contributed by atoms with E-state index in [4.69, 9.17) is 5.73 Å². The zero-order valence-electron chi connectivity index (χ0n) is 9.48. The Kier molecular flexibility index (Phi) is 3.03. The van der Waals surface area contributed by atoms with Gasteiger partial charge in [0.05, 0.1) is 0 Å². The number of nitrogens with zero attached hydrogens (tertiary/aromatic N) is 2. The van der Waals surface area contributed by atoms with E-state index in [2.05, 4.69) is 29.8 Å². The average molecular weight is 205 g/mol. The third kappa shape index (κ3) is 2.55. The molecule has 1 fully saturated rings. The molecule has 1 aromatic rings. The van der Waals surface area contributed by atoms with E-state index in [1.165, 1.54) is 11.1 Å². The van der Waals surface area contributed by atoms with Crippen molar-refractivity contribution in [1.29, 1.82) is 0 Å². The number of rotatable bonds is 2. The lowest BCUT2D eigenvalue weighted by Gasteiger charge is -2.15. The Morgan fingerprint density at radius 1 is 1.47 bits per heavy atom. The van der Waals surface area contributed by atoms with Crippen LogP contribution in [0.4, 0.5) is 0 Å². The number of aromatic nitrogens is 1. The minimum absolute atomic E-state index is 0.336. The maximum Gasteiger partial charge on any atom is 0.0313 e. The maximum atomic E-state index is 5.99. The summed E-state index contributed by atoms with van der Waals surface area (Å²) in [6.45, 7) is 7.39. The first-order valence-corrected chi connectivity index (χ1v) is 5.53. The van der Waals surface area contributed by atoms with E-state index < -0.39 is 0 Å². The molecule has 0 spiro atoms. The molecule has 0 bridgehead atoms. The lowest BCUT2D eigenvalue weighted by atomic mass is 10.1. The summed E-state index contributed by atoms with van der Waals surface area (Å²) in [5.74, 6) is 0.614. The van der Waals surface area contributed by atoms with Gasteiger partial charge in [-0.15, -0.1) is 0 Å². The second-order valence-corrected chi connectivity index (χ2v) is 4.71. The molecule has 2 unspecified atom stereocenters. The SMILES string of the molecule is Cc1cncc(CN2CC(C)C(N)C2)c1. The predicted octanol–water partition coefficient (Wildman–Crippen LogP) is 1.17. The highest BCUT2D eigenvalue weighted by Crippen LogP contribution is 2.17. The van der Waals surface area contributed by atoms with E-state index in [9.17, 15) is 0 Å². The molecular weight excluding hydrogens is 186 g/mol. The van der Waals surface area contributed by atoms with Crippen LogP contribution < -0.4 is 5.73 Å². The Morgan fingerprint density at radius 3 is 2.87 bits per heavy atom. The molecule has 2 rings (SSSR count). The Hall–Kier alpha value is -0.930. The first-order chi connectivity index (χ1) is 7.15. The molecule has 0 aromatic carbocycles. The summed E-state index contributed by atoms with van der Waals surface area (Å²) in [5.41, 5.74) is 8.51. The highest BCUT2D eigenvalue weighted by Gasteiger charge is 2.26. The van der Waals surface area contributed by atoms with E-state index in [-0.39, 0.29) is 0 Å². The summed E-state index contributed by atoms with van der Waals surface area (Å²) in [6, 6.07) is 2.53. The molecule has 2 N–H and O–H groups in total. The van der Waals surface area contributed by atoms with Crippen LogP contribution in [0.5, 0.6) is 0 Å². The summed E-state index contributed by atoms with van der Waals surface area (Å²) in [7, 11) is 0. The highest BCUT2D eigenvalue weighted by atomic mass is 15.2. The second kappa shape index (κ2) is 4.29. The van der Waals surface area contributed by atoms with E-state index in [0.717, 1.165) is 19.6 Å². The molecular formula is C12H19N3. The molecule has 1 saturated heterocycles. The molecule has 3 nitrogen and oxygen atoms in total. The van der Waals surface area contributed by atoms with Gasteiger partial charge in [-0.25, -0.2) is 0 Å². The number of aryl methyl sites for hydroxylation is 1. The van der Waals surface area contributed by atoms with Crippen molar-refractivity contribution >= 4 is 0 Å². The molecule has 2 heterocycles. The van der Waals surface area contributed by atoms with Crippen LogP contribution in [-0.4, -0.2) is 29.0 Å². The quantitative estimate of drug-likeness (QED) is 0.788. The molecule has 0 saturated carbocycles. The molecule has 2 atom stereocenters. The minimum Gasteiger partial charge on any atom is -0.326 e. The van der Waals surface area contributed by atoms with Crippen LogP contribution in [0.15, 0.2) is 18.5 Å². The Morgan fingerprint density at radius 2 is 2.27 bits per heavy atom. The third-order valence-electron chi connectivity index (χ3n) is 3.08. The Balaban J connectivity index is 1.98. The van der Waals surface area contributed by atoms with E-state index in [1.807, 2.05) is 12.4 Å².